The number of hydrogen-bond donors (Lipinski definition) is 2. The molecule has 1 saturated heterocycles. The molecule has 1 fully saturated rings. The Hall–Kier alpha value is -3.43. The van der Waals surface area contributed by atoms with Crippen LogP contribution in [-0.4, -0.2) is 61.0 Å². The number of nitrogens with zero attached hydrogens (tertiary/aromatic N) is 2. The van der Waals surface area contributed by atoms with E-state index < -0.39 is 12.1 Å². The van der Waals surface area contributed by atoms with Crippen LogP contribution >= 0.6 is 0 Å². The van der Waals surface area contributed by atoms with E-state index in [2.05, 4.69) is 15.6 Å². The molecule has 0 bridgehead atoms. The van der Waals surface area contributed by atoms with Crippen LogP contribution in [0.3, 0.4) is 0 Å². The van der Waals surface area contributed by atoms with Crippen LogP contribution in [0.1, 0.15) is 35.8 Å². The number of methoxy groups -OCH3 is 2. The van der Waals surface area contributed by atoms with Crippen molar-refractivity contribution in [2.24, 2.45) is 0 Å². The van der Waals surface area contributed by atoms with Crippen molar-refractivity contribution in [2.75, 3.05) is 38.1 Å². The molecule has 1 aliphatic heterocycles. The molecule has 1 aliphatic rings. The smallest absolute Gasteiger partial charge is 0.356 e. The molecule has 9 nitrogen and oxygen atoms in total. The standard InChI is InChI=1S/C26H32N4O5/c1-17(16-33-2)28-19-14-20-22(29-25(31)21-10-7-13-35-21)23(26(32)34-3)30(24(20)27-15-19)12-11-18-8-5-4-6-9-18/h4-6,8-9,14-15,17,21,28H,7,10-13,16H2,1-3H3,(H,29,31)/t17-,21-/m0/s1. The molecule has 2 aromatic heterocycles. The Labute approximate surface area is 204 Å². The maximum absolute atomic E-state index is 13.0. The third-order valence-corrected chi connectivity index (χ3v) is 6.04. The van der Waals surface area contributed by atoms with Gasteiger partial charge in [0.25, 0.3) is 5.91 Å². The molecule has 4 rings (SSSR count). The molecule has 0 spiro atoms. The first-order valence-electron chi connectivity index (χ1n) is 11.8. The van der Waals surface area contributed by atoms with Crippen molar-refractivity contribution >= 4 is 34.3 Å². The fraction of sp³-hybridized carbons (Fsp3) is 0.423. The number of esters is 1. The number of pyridine rings is 1. The molecule has 2 atom stereocenters. The van der Waals surface area contributed by atoms with Gasteiger partial charge in [-0.2, -0.15) is 0 Å². The van der Waals surface area contributed by atoms with Crippen molar-refractivity contribution in [3.63, 3.8) is 0 Å². The van der Waals surface area contributed by atoms with E-state index in [9.17, 15) is 9.59 Å². The van der Waals surface area contributed by atoms with Crippen molar-refractivity contribution in [3.8, 4) is 0 Å². The Balaban J connectivity index is 1.78. The van der Waals surface area contributed by atoms with Crippen molar-refractivity contribution in [1.82, 2.24) is 9.55 Å². The number of fused-ring (bicyclic) bond motifs is 1. The zero-order chi connectivity index (χ0) is 24.8. The van der Waals surface area contributed by atoms with E-state index in [-0.39, 0.29) is 17.6 Å². The molecule has 3 heterocycles. The molecule has 9 heteroatoms. The van der Waals surface area contributed by atoms with Crippen molar-refractivity contribution in [3.05, 3.63) is 53.9 Å². The Kier molecular flexibility index (Phi) is 7.99. The van der Waals surface area contributed by atoms with Gasteiger partial charge in [0.1, 0.15) is 11.8 Å². The second kappa shape index (κ2) is 11.3. The lowest BCUT2D eigenvalue weighted by atomic mass is 10.1. The number of carbonyl (C=O) groups excluding carboxylic acids is 2. The molecule has 0 saturated carbocycles. The van der Waals surface area contributed by atoms with Gasteiger partial charge >= 0.3 is 5.97 Å². The van der Waals surface area contributed by atoms with E-state index in [1.54, 1.807) is 13.3 Å². The minimum absolute atomic E-state index is 0.0458. The van der Waals surface area contributed by atoms with Crippen LogP contribution in [0.4, 0.5) is 11.4 Å². The van der Waals surface area contributed by atoms with E-state index in [1.807, 2.05) is 47.9 Å². The first-order chi connectivity index (χ1) is 17.0. The van der Waals surface area contributed by atoms with Crippen LogP contribution in [0.2, 0.25) is 0 Å². The predicted octanol–water partition coefficient (Wildman–Crippen LogP) is 3.63. The van der Waals surface area contributed by atoms with Crippen molar-refractivity contribution in [1.29, 1.82) is 0 Å². The van der Waals surface area contributed by atoms with Gasteiger partial charge in [-0.05, 0) is 37.8 Å². The zero-order valence-corrected chi connectivity index (χ0v) is 20.4. The van der Waals surface area contributed by atoms with Gasteiger partial charge in [-0.15, -0.1) is 0 Å². The topological polar surface area (TPSA) is 104 Å². The largest absolute Gasteiger partial charge is 0.464 e. The number of nitrogens with one attached hydrogen (secondary N) is 2. The first-order valence-corrected chi connectivity index (χ1v) is 11.8. The molecule has 186 valence electrons. The van der Waals surface area contributed by atoms with E-state index in [1.165, 1.54) is 7.11 Å². The molecule has 3 aromatic rings. The van der Waals surface area contributed by atoms with Crippen LogP contribution in [0, 0.1) is 0 Å². The SMILES string of the molecule is COC[C@H](C)Nc1cnc2c(c1)c(NC(=O)[C@@H]1CCCO1)c(C(=O)OC)n2CCc1ccccc1. The highest BCUT2D eigenvalue weighted by molar-refractivity contribution is 6.12. The van der Waals surface area contributed by atoms with Gasteiger partial charge in [-0.25, -0.2) is 9.78 Å². The van der Waals surface area contributed by atoms with Crippen LogP contribution in [0.15, 0.2) is 42.6 Å². The van der Waals surface area contributed by atoms with Crippen LogP contribution in [0.5, 0.6) is 0 Å². The van der Waals surface area contributed by atoms with E-state index in [4.69, 9.17) is 14.2 Å². The van der Waals surface area contributed by atoms with Gasteiger partial charge in [0.15, 0.2) is 5.69 Å². The maximum atomic E-state index is 13.0. The van der Waals surface area contributed by atoms with Gasteiger partial charge in [0, 0.05) is 31.7 Å². The average molecular weight is 481 g/mol. The molecule has 2 N–H and O–H groups in total. The van der Waals surface area contributed by atoms with Gasteiger partial charge in [0.2, 0.25) is 0 Å². The fourth-order valence-electron chi connectivity index (χ4n) is 4.41. The number of carbonyl (C=O) groups is 2. The summed E-state index contributed by atoms with van der Waals surface area (Å²) in [5.74, 6) is -0.818. The molecule has 35 heavy (non-hydrogen) atoms. The number of benzene rings is 1. The zero-order valence-electron chi connectivity index (χ0n) is 20.4. The molecule has 1 aromatic carbocycles. The van der Waals surface area contributed by atoms with E-state index in [0.717, 1.165) is 17.7 Å². The summed E-state index contributed by atoms with van der Waals surface area (Å²) >= 11 is 0. The van der Waals surface area contributed by atoms with E-state index in [0.29, 0.717) is 49.3 Å². The number of hydrogen-bond acceptors (Lipinski definition) is 7. The molecular formula is C26H32N4O5. The highest BCUT2D eigenvalue weighted by Crippen LogP contribution is 2.33. The Bertz CT molecular complexity index is 1170. The fourth-order valence-corrected chi connectivity index (χ4v) is 4.41. The summed E-state index contributed by atoms with van der Waals surface area (Å²) in [6.07, 6.45) is 3.33. The molecule has 0 aliphatic carbocycles. The van der Waals surface area contributed by atoms with Gasteiger partial charge in [0.05, 0.1) is 31.3 Å². The Morgan fingerprint density at radius 3 is 2.74 bits per heavy atom. The molecule has 0 unspecified atom stereocenters. The van der Waals surface area contributed by atoms with Crippen LogP contribution < -0.4 is 10.6 Å². The number of anilines is 2. The second-order valence-corrected chi connectivity index (χ2v) is 8.69. The lowest BCUT2D eigenvalue weighted by Gasteiger charge is -2.14. The minimum Gasteiger partial charge on any atom is -0.464 e. The quantitative estimate of drug-likeness (QED) is 0.427. The van der Waals surface area contributed by atoms with Gasteiger partial charge in [-0.1, -0.05) is 30.3 Å². The summed E-state index contributed by atoms with van der Waals surface area (Å²) < 4.78 is 17.7. The Morgan fingerprint density at radius 2 is 2.06 bits per heavy atom. The lowest BCUT2D eigenvalue weighted by molar-refractivity contribution is -0.124. The Morgan fingerprint density at radius 1 is 1.26 bits per heavy atom. The third-order valence-electron chi connectivity index (χ3n) is 6.04. The highest BCUT2D eigenvalue weighted by Gasteiger charge is 2.30. The lowest BCUT2D eigenvalue weighted by Crippen LogP contribution is -2.28. The molecular weight excluding hydrogens is 448 g/mol. The summed E-state index contributed by atoms with van der Waals surface area (Å²) in [6, 6.07) is 11.9. The summed E-state index contributed by atoms with van der Waals surface area (Å²) in [6.45, 7) is 3.55. The third kappa shape index (κ3) is 5.63. The molecule has 1 amide bonds. The van der Waals surface area contributed by atoms with Crippen LogP contribution in [0.25, 0.3) is 11.0 Å². The number of amides is 1. The number of aryl methyl sites for hydroxylation is 2. The summed E-state index contributed by atoms with van der Waals surface area (Å²) in [4.78, 5) is 30.7. The number of ether oxygens (including phenoxy) is 3. The summed E-state index contributed by atoms with van der Waals surface area (Å²) in [5, 5.41) is 6.96. The van der Waals surface area contributed by atoms with Gasteiger partial charge in [-0.3, -0.25) is 4.79 Å². The van der Waals surface area contributed by atoms with Crippen LogP contribution in [-0.2, 0) is 32.0 Å². The monoisotopic (exact) mass is 480 g/mol. The van der Waals surface area contributed by atoms with Crippen molar-refractivity contribution < 1.29 is 23.8 Å². The predicted molar refractivity (Wildman–Crippen MR) is 134 cm³/mol. The highest BCUT2D eigenvalue weighted by atomic mass is 16.5. The van der Waals surface area contributed by atoms with Crippen molar-refractivity contribution in [2.45, 2.75) is 44.9 Å². The summed E-state index contributed by atoms with van der Waals surface area (Å²) in [5.41, 5.74) is 3.12. The normalized spacial score (nSPS) is 16.3. The number of rotatable bonds is 10. The average Bonchev–Trinajstić information content (AvgIpc) is 3.50. The first kappa shape index (κ1) is 24.7. The number of aromatic nitrogens is 2. The maximum Gasteiger partial charge on any atom is 0.356 e. The second-order valence-electron chi connectivity index (χ2n) is 8.69. The van der Waals surface area contributed by atoms with E-state index >= 15 is 0 Å². The van der Waals surface area contributed by atoms with Gasteiger partial charge < -0.3 is 29.4 Å². The summed E-state index contributed by atoms with van der Waals surface area (Å²) in [7, 11) is 2.98. The minimum atomic E-state index is -0.542. The molecule has 0 radical (unpaired) electrons.